The van der Waals surface area contributed by atoms with Crippen LogP contribution in [0.1, 0.15) is 58.8 Å². The van der Waals surface area contributed by atoms with E-state index in [-0.39, 0.29) is 17.1 Å². The van der Waals surface area contributed by atoms with Gasteiger partial charge < -0.3 is 19.5 Å². The summed E-state index contributed by atoms with van der Waals surface area (Å²) in [4.78, 5) is 36.0. The Morgan fingerprint density at radius 3 is 2.62 bits per heavy atom. The van der Waals surface area contributed by atoms with E-state index in [0.29, 0.717) is 44.3 Å². The Balaban J connectivity index is 1.33. The number of nitrogens with zero attached hydrogens (tertiary/aromatic N) is 6. The summed E-state index contributed by atoms with van der Waals surface area (Å²) in [5.41, 5.74) is 4.50. The van der Waals surface area contributed by atoms with Crippen molar-refractivity contribution in [2.75, 3.05) is 26.3 Å². The van der Waals surface area contributed by atoms with Crippen LogP contribution in [0, 0.1) is 6.92 Å². The van der Waals surface area contributed by atoms with Crippen molar-refractivity contribution in [3.63, 3.8) is 0 Å². The molecule has 2 amide bonds. The standard InChI is InChI=1S/C26H29N7O4/c1-16-11-17(5-6-18(16)13-27-23(34)22-30-25(37-31-22)26(2,3)4)21-20-12-19(14-33(20)29-15-28-21)24(35)32-7-9-36-10-8-32/h5-6,11-12,14-15H,7-10,13H2,1-4H3,(H,27,34). The van der Waals surface area contributed by atoms with Crippen LogP contribution in [0.3, 0.4) is 0 Å². The van der Waals surface area contributed by atoms with Gasteiger partial charge in [-0.2, -0.15) is 10.1 Å². The molecule has 3 aromatic heterocycles. The predicted molar refractivity (Wildman–Crippen MR) is 134 cm³/mol. The van der Waals surface area contributed by atoms with E-state index in [1.54, 1.807) is 15.6 Å². The molecule has 0 bridgehead atoms. The highest BCUT2D eigenvalue weighted by molar-refractivity contribution is 5.97. The topological polar surface area (TPSA) is 128 Å². The van der Waals surface area contributed by atoms with Gasteiger partial charge >= 0.3 is 0 Å². The molecule has 0 spiro atoms. The first kappa shape index (κ1) is 24.6. The normalized spacial score (nSPS) is 14.2. The van der Waals surface area contributed by atoms with Crippen LogP contribution in [0.4, 0.5) is 0 Å². The van der Waals surface area contributed by atoms with Crippen molar-refractivity contribution < 1.29 is 18.8 Å². The molecule has 0 radical (unpaired) electrons. The monoisotopic (exact) mass is 503 g/mol. The molecular formula is C26H29N7O4. The van der Waals surface area contributed by atoms with Gasteiger partial charge in [0, 0.05) is 36.8 Å². The van der Waals surface area contributed by atoms with Gasteiger partial charge in [-0.25, -0.2) is 9.50 Å². The molecule has 192 valence electrons. The van der Waals surface area contributed by atoms with E-state index in [4.69, 9.17) is 9.26 Å². The van der Waals surface area contributed by atoms with Crippen LogP contribution < -0.4 is 5.32 Å². The number of carbonyl (C=O) groups excluding carboxylic acids is 2. The number of morpholine rings is 1. The van der Waals surface area contributed by atoms with E-state index in [2.05, 4.69) is 25.5 Å². The molecule has 0 unspecified atom stereocenters. The van der Waals surface area contributed by atoms with Crippen LogP contribution in [-0.4, -0.2) is 67.8 Å². The Morgan fingerprint density at radius 2 is 1.92 bits per heavy atom. The van der Waals surface area contributed by atoms with E-state index in [0.717, 1.165) is 27.9 Å². The van der Waals surface area contributed by atoms with Crippen LogP contribution in [0.15, 0.2) is 41.3 Å². The van der Waals surface area contributed by atoms with Crippen LogP contribution >= 0.6 is 0 Å². The van der Waals surface area contributed by atoms with E-state index >= 15 is 0 Å². The molecule has 1 N–H and O–H groups in total. The number of fused-ring (bicyclic) bond motifs is 1. The lowest BCUT2D eigenvalue weighted by atomic mass is 9.97. The average Bonchev–Trinajstić information content (AvgIpc) is 3.56. The summed E-state index contributed by atoms with van der Waals surface area (Å²) in [6.45, 7) is 10.3. The second-order valence-electron chi connectivity index (χ2n) is 10.1. The minimum Gasteiger partial charge on any atom is -0.378 e. The van der Waals surface area contributed by atoms with Crippen LogP contribution in [0.2, 0.25) is 0 Å². The van der Waals surface area contributed by atoms with Crippen molar-refractivity contribution in [1.82, 2.24) is 35.0 Å². The average molecular weight is 504 g/mol. The third kappa shape index (κ3) is 5.08. The van der Waals surface area contributed by atoms with Gasteiger partial charge in [-0.05, 0) is 30.2 Å². The third-order valence-electron chi connectivity index (χ3n) is 6.28. The zero-order chi connectivity index (χ0) is 26.2. The summed E-state index contributed by atoms with van der Waals surface area (Å²) in [7, 11) is 0. The zero-order valence-corrected chi connectivity index (χ0v) is 21.3. The number of nitrogens with one attached hydrogen (secondary N) is 1. The van der Waals surface area contributed by atoms with E-state index in [1.165, 1.54) is 6.33 Å². The molecule has 11 nitrogen and oxygen atoms in total. The molecule has 1 aliphatic heterocycles. The van der Waals surface area contributed by atoms with Crippen molar-refractivity contribution in [1.29, 1.82) is 0 Å². The fourth-order valence-electron chi connectivity index (χ4n) is 4.13. The molecule has 1 fully saturated rings. The molecular weight excluding hydrogens is 474 g/mol. The smallest absolute Gasteiger partial charge is 0.292 e. The number of aromatic nitrogens is 5. The van der Waals surface area contributed by atoms with E-state index < -0.39 is 5.91 Å². The number of carbonyl (C=O) groups is 2. The van der Waals surface area contributed by atoms with Gasteiger partial charge in [-0.1, -0.05) is 38.1 Å². The Kier molecular flexibility index (Phi) is 6.46. The molecule has 37 heavy (non-hydrogen) atoms. The van der Waals surface area contributed by atoms with Gasteiger partial charge in [0.15, 0.2) is 0 Å². The van der Waals surface area contributed by atoms with E-state index in [9.17, 15) is 9.59 Å². The molecule has 4 aromatic rings. The summed E-state index contributed by atoms with van der Waals surface area (Å²) < 4.78 is 12.2. The lowest BCUT2D eigenvalue weighted by molar-refractivity contribution is 0.0303. The highest BCUT2D eigenvalue weighted by Gasteiger charge is 2.24. The Hall–Kier alpha value is -4.12. The molecule has 0 saturated carbocycles. The maximum Gasteiger partial charge on any atom is 0.292 e. The number of amides is 2. The maximum atomic E-state index is 13.0. The van der Waals surface area contributed by atoms with Crippen molar-refractivity contribution in [2.24, 2.45) is 0 Å². The molecule has 1 saturated heterocycles. The minimum atomic E-state index is -0.397. The van der Waals surface area contributed by atoms with Gasteiger partial charge in [0.2, 0.25) is 5.89 Å². The fourth-order valence-corrected chi connectivity index (χ4v) is 4.13. The number of ether oxygens (including phenoxy) is 1. The number of benzene rings is 1. The number of aryl methyl sites for hydroxylation is 1. The summed E-state index contributed by atoms with van der Waals surface area (Å²) >= 11 is 0. The van der Waals surface area contributed by atoms with Gasteiger partial charge in [0.1, 0.15) is 6.33 Å². The van der Waals surface area contributed by atoms with Gasteiger partial charge in [0.25, 0.3) is 17.6 Å². The first-order chi connectivity index (χ1) is 17.7. The van der Waals surface area contributed by atoms with E-state index in [1.807, 2.05) is 52.0 Å². The van der Waals surface area contributed by atoms with Crippen molar-refractivity contribution in [2.45, 2.75) is 39.7 Å². The largest absolute Gasteiger partial charge is 0.378 e. The fraction of sp³-hybridized carbons (Fsp3) is 0.385. The summed E-state index contributed by atoms with van der Waals surface area (Å²) in [6, 6.07) is 7.72. The molecule has 1 aliphatic rings. The number of hydrogen-bond donors (Lipinski definition) is 1. The highest BCUT2D eigenvalue weighted by Crippen LogP contribution is 2.26. The van der Waals surface area contributed by atoms with Crippen LogP contribution in [-0.2, 0) is 16.7 Å². The minimum absolute atomic E-state index is 0.0123. The Bertz CT molecular complexity index is 1460. The second kappa shape index (κ2) is 9.74. The molecule has 0 atom stereocenters. The van der Waals surface area contributed by atoms with Gasteiger partial charge in [-0.15, -0.1) is 0 Å². The first-order valence-corrected chi connectivity index (χ1v) is 12.1. The Labute approximate surface area is 213 Å². The van der Waals surface area contributed by atoms with Crippen molar-refractivity contribution in [3.8, 4) is 11.3 Å². The summed E-state index contributed by atoms with van der Waals surface area (Å²) in [5, 5.41) is 10.9. The lowest BCUT2D eigenvalue weighted by Crippen LogP contribution is -2.40. The second-order valence-corrected chi connectivity index (χ2v) is 10.1. The predicted octanol–water partition coefficient (Wildman–Crippen LogP) is 2.79. The summed E-state index contributed by atoms with van der Waals surface area (Å²) in [6.07, 6.45) is 3.21. The van der Waals surface area contributed by atoms with Crippen molar-refractivity contribution in [3.05, 3.63) is 65.2 Å². The molecule has 4 heterocycles. The SMILES string of the molecule is Cc1cc(-c2ncnn3cc(C(=O)N4CCOCC4)cc23)ccc1CNC(=O)c1noc(C(C)(C)C)n1. The Morgan fingerprint density at radius 1 is 1.14 bits per heavy atom. The van der Waals surface area contributed by atoms with Crippen LogP contribution in [0.25, 0.3) is 16.8 Å². The molecule has 1 aromatic carbocycles. The maximum absolute atomic E-state index is 13.0. The summed E-state index contributed by atoms with van der Waals surface area (Å²) in [5.74, 6) is -0.0168. The number of hydrogen-bond acceptors (Lipinski definition) is 8. The molecule has 5 rings (SSSR count). The van der Waals surface area contributed by atoms with Crippen molar-refractivity contribution >= 4 is 17.3 Å². The third-order valence-corrected chi connectivity index (χ3v) is 6.28. The molecule has 11 heteroatoms. The number of rotatable bonds is 5. The lowest BCUT2D eigenvalue weighted by Gasteiger charge is -2.26. The first-order valence-electron chi connectivity index (χ1n) is 12.1. The highest BCUT2D eigenvalue weighted by atomic mass is 16.5. The quantitative estimate of drug-likeness (QED) is 0.440. The molecule has 0 aliphatic carbocycles. The van der Waals surface area contributed by atoms with Crippen LogP contribution in [0.5, 0.6) is 0 Å². The zero-order valence-electron chi connectivity index (χ0n) is 21.3. The van der Waals surface area contributed by atoms with Gasteiger partial charge in [-0.3, -0.25) is 9.59 Å². The van der Waals surface area contributed by atoms with Gasteiger partial charge in [0.05, 0.1) is 30.0 Å².